The second-order valence-electron chi connectivity index (χ2n) is 13.6. The third-order valence-corrected chi connectivity index (χ3v) is 10.4. The molecule has 6 aromatic carbocycles. The third-order valence-electron chi connectivity index (χ3n) is 10.4. The maximum atomic E-state index is 11.8. The highest BCUT2D eigenvalue weighted by atomic mass is 16.6. The van der Waals surface area contributed by atoms with Gasteiger partial charge in [0.2, 0.25) is 0 Å². The van der Waals surface area contributed by atoms with Gasteiger partial charge in [-0.15, -0.1) is 0 Å². The Hall–Kier alpha value is -6.22. The van der Waals surface area contributed by atoms with Gasteiger partial charge in [-0.1, -0.05) is 122 Å². The molecular weight excluding hydrogens is 693 g/mol. The molecule has 0 fully saturated rings. The second kappa shape index (κ2) is 15.6. The van der Waals surface area contributed by atoms with Crippen molar-refractivity contribution in [1.29, 1.82) is 0 Å². The number of aliphatic hydroxyl groups is 2. The Balaban J connectivity index is 1.38. The lowest BCUT2D eigenvalue weighted by Crippen LogP contribution is -2.33. The van der Waals surface area contributed by atoms with Crippen molar-refractivity contribution in [3.05, 3.63) is 169 Å². The monoisotopic (exact) mass is 734 g/mol. The summed E-state index contributed by atoms with van der Waals surface area (Å²) in [6, 6.07) is 41.2. The van der Waals surface area contributed by atoms with Crippen LogP contribution in [0.5, 0.6) is 11.5 Å². The van der Waals surface area contributed by atoms with Crippen LogP contribution in [0.3, 0.4) is 0 Å². The molecule has 0 aromatic heterocycles. The van der Waals surface area contributed by atoms with Crippen LogP contribution >= 0.6 is 0 Å². The third kappa shape index (κ3) is 6.75. The summed E-state index contributed by atoms with van der Waals surface area (Å²) in [5, 5.41) is 25.3. The van der Waals surface area contributed by atoms with Crippen molar-refractivity contribution in [2.24, 2.45) is 0 Å². The van der Waals surface area contributed by atoms with Gasteiger partial charge < -0.3 is 29.2 Å². The number of carbonyl (C=O) groups is 2. The molecule has 7 rings (SSSR count). The first-order valence-electron chi connectivity index (χ1n) is 18.2. The van der Waals surface area contributed by atoms with E-state index in [4.69, 9.17) is 18.9 Å². The zero-order chi connectivity index (χ0) is 38.7. The summed E-state index contributed by atoms with van der Waals surface area (Å²) in [6.07, 6.45) is -1.61. The Morgan fingerprint density at radius 1 is 0.545 bits per heavy atom. The molecule has 4 atom stereocenters. The van der Waals surface area contributed by atoms with Crippen LogP contribution in [0, 0.1) is 0 Å². The largest absolute Gasteiger partial charge is 0.490 e. The molecule has 0 saturated heterocycles. The average molecular weight is 735 g/mol. The number of rotatable bonds is 14. The van der Waals surface area contributed by atoms with Crippen LogP contribution in [-0.4, -0.2) is 59.8 Å². The number of ether oxygens (including phenoxy) is 4. The molecule has 0 heterocycles. The van der Waals surface area contributed by atoms with Gasteiger partial charge in [0.25, 0.3) is 0 Å². The number of benzene rings is 6. The Labute approximate surface area is 319 Å². The molecule has 0 aliphatic heterocycles. The van der Waals surface area contributed by atoms with E-state index in [2.05, 4.69) is 86.0 Å². The van der Waals surface area contributed by atoms with E-state index in [0.717, 1.165) is 67.1 Å². The Bertz CT molecular complexity index is 2250. The van der Waals surface area contributed by atoms with Crippen molar-refractivity contribution in [2.45, 2.75) is 43.7 Å². The minimum Gasteiger partial charge on any atom is -0.490 e. The number of hydrogen-bond donors (Lipinski definition) is 2. The summed E-state index contributed by atoms with van der Waals surface area (Å²) in [7, 11) is 0. The number of aliphatic hydroxyl groups excluding tert-OH is 2. The number of fused-ring (bicyclic) bond motifs is 5. The molecule has 8 heteroatoms. The maximum absolute atomic E-state index is 11.8. The highest BCUT2D eigenvalue weighted by Crippen LogP contribution is 2.58. The molecule has 0 amide bonds. The number of esters is 2. The Morgan fingerprint density at radius 3 is 1.33 bits per heavy atom. The van der Waals surface area contributed by atoms with E-state index in [1.54, 1.807) is 13.8 Å². The molecule has 0 spiro atoms. The molecule has 1 aliphatic carbocycles. The van der Waals surface area contributed by atoms with Gasteiger partial charge in [-0.05, 0) is 70.1 Å². The normalized spacial score (nSPS) is 14.8. The van der Waals surface area contributed by atoms with Gasteiger partial charge in [0.15, 0.2) is 0 Å². The van der Waals surface area contributed by atoms with E-state index in [1.807, 2.05) is 48.5 Å². The average Bonchev–Trinajstić information content (AvgIpc) is 3.51. The van der Waals surface area contributed by atoms with Gasteiger partial charge in [-0.3, -0.25) is 0 Å². The Morgan fingerprint density at radius 2 is 0.909 bits per heavy atom. The first kappa shape index (κ1) is 37.1. The van der Waals surface area contributed by atoms with Crippen molar-refractivity contribution in [2.75, 3.05) is 13.2 Å². The Kier molecular flexibility index (Phi) is 10.5. The summed E-state index contributed by atoms with van der Waals surface area (Å²) in [6.45, 7) is 9.89. The van der Waals surface area contributed by atoms with E-state index < -0.39 is 41.8 Å². The van der Waals surface area contributed by atoms with Gasteiger partial charge >= 0.3 is 11.9 Å². The summed E-state index contributed by atoms with van der Waals surface area (Å²) < 4.78 is 22.9. The molecule has 0 saturated carbocycles. The van der Waals surface area contributed by atoms with Gasteiger partial charge in [0, 0.05) is 22.9 Å². The molecule has 55 heavy (non-hydrogen) atoms. The summed E-state index contributed by atoms with van der Waals surface area (Å²) in [4.78, 5) is 23.5. The van der Waals surface area contributed by atoms with Crippen molar-refractivity contribution in [1.82, 2.24) is 0 Å². The van der Waals surface area contributed by atoms with Crippen LogP contribution in [0.2, 0.25) is 0 Å². The number of hydrogen-bond acceptors (Lipinski definition) is 8. The van der Waals surface area contributed by atoms with Crippen molar-refractivity contribution in [3.63, 3.8) is 0 Å². The first-order valence-corrected chi connectivity index (χ1v) is 18.2. The van der Waals surface area contributed by atoms with Crippen LogP contribution < -0.4 is 9.47 Å². The van der Waals surface area contributed by atoms with Gasteiger partial charge in [0.05, 0.1) is 5.41 Å². The van der Waals surface area contributed by atoms with E-state index in [0.29, 0.717) is 11.5 Å². The highest BCUT2D eigenvalue weighted by molar-refractivity contribution is 6.01. The smallest absolute Gasteiger partial charge is 0.330 e. The predicted octanol–water partition coefficient (Wildman–Crippen LogP) is 8.07. The lowest BCUT2D eigenvalue weighted by atomic mass is 9.65. The molecule has 0 radical (unpaired) electrons. The highest BCUT2D eigenvalue weighted by Gasteiger charge is 2.47. The predicted molar refractivity (Wildman–Crippen MR) is 213 cm³/mol. The van der Waals surface area contributed by atoms with Crippen LogP contribution in [0.15, 0.2) is 147 Å². The van der Waals surface area contributed by atoms with Gasteiger partial charge in [-0.2, -0.15) is 0 Å². The van der Waals surface area contributed by atoms with Crippen LogP contribution in [0.4, 0.5) is 0 Å². The van der Waals surface area contributed by atoms with Crippen LogP contribution in [0.1, 0.15) is 36.1 Å². The lowest BCUT2D eigenvalue weighted by molar-refractivity contribution is -0.149. The summed E-state index contributed by atoms with van der Waals surface area (Å²) in [5.41, 5.74) is 5.77. The van der Waals surface area contributed by atoms with Crippen molar-refractivity contribution >= 4 is 33.5 Å². The molecular formula is C47H42O8. The van der Waals surface area contributed by atoms with Gasteiger partial charge in [0.1, 0.15) is 49.1 Å². The summed E-state index contributed by atoms with van der Waals surface area (Å²) >= 11 is 0. The van der Waals surface area contributed by atoms with Crippen LogP contribution in [0.25, 0.3) is 32.7 Å². The molecule has 1 aliphatic rings. The topological polar surface area (TPSA) is 112 Å². The molecule has 278 valence electrons. The molecule has 0 bridgehead atoms. The first-order chi connectivity index (χ1) is 26.7. The van der Waals surface area contributed by atoms with E-state index >= 15 is 0 Å². The van der Waals surface area contributed by atoms with Crippen molar-refractivity contribution < 1.29 is 38.7 Å². The summed E-state index contributed by atoms with van der Waals surface area (Å²) in [5.74, 6) is -0.0738. The standard InChI is InChI=1S/C47H42O8/c1-5-45(50)54-29(3)41(48)27-52-43-25-13-17-33-35(43)19-11-23-39(33)47(37-21-9-7-15-31(37)32-16-8-10-22-38(32)47)40-24-12-20-36-34(40)18-14-26-44(36)53-28-42(49)30(4)55-46(51)6-2/h5-26,29-30,41-42,48-49H,1-2,27-28H2,3-4H3. The minimum absolute atomic E-state index is 0.0952. The SMILES string of the molecule is C=CC(=O)OC(C)C(O)COc1cccc2c(C3(c4cccc5c(OCC(O)C(C)OC(=O)C=C)cccc45)c4ccccc4-c4ccccc43)cccc12. The zero-order valence-corrected chi connectivity index (χ0v) is 30.7. The fourth-order valence-electron chi connectivity index (χ4n) is 7.67. The zero-order valence-electron chi connectivity index (χ0n) is 30.7. The fourth-order valence-corrected chi connectivity index (χ4v) is 7.67. The fraction of sp³-hybridized carbons (Fsp3) is 0.191. The van der Waals surface area contributed by atoms with Gasteiger partial charge in [-0.25, -0.2) is 9.59 Å². The molecule has 2 N–H and O–H groups in total. The van der Waals surface area contributed by atoms with Crippen molar-refractivity contribution in [3.8, 4) is 22.6 Å². The lowest BCUT2D eigenvalue weighted by Gasteiger charge is -2.36. The molecule has 4 unspecified atom stereocenters. The minimum atomic E-state index is -1.07. The van der Waals surface area contributed by atoms with E-state index in [-0.39, 0.29) is 13.2 Å². The quantitative estimate of drug-likeness (QED) is 0.0853. The molecule has 6 aromatic rings. The second-order valence-corrected chi connectivity index (χ2v) is 13.6. The van der Waals surface area contributed by atoms with E-state index in [9.17, 15) is 19.8 Å². The molecule has 8 nitrogen and oxygen atoms in total. The maximum Gasteiger partial charge on any atom is 0.330 e. The van der Waals surface area contributed by atoms with E-state index in [1.165, 1.54) is 0 Å². The van der Waals surface area contributed by atoms with Crippen LogP contribution in [-0.2, 0) is 24.5 Å². The number of carbonyl (C=O) groups excluding carboxylic acids is 2.